The van der Waals surface area contributed by atoms with Crippen LogP contribution in [0, 0.1) is 6.92 Å². The molecule has 110 valence electrons. The fourth-order valence-corrected chi connectivity index (χ4v) is 2.58. The average Bonchev–Trinajstić information content (AvgIpc) is 2.38. The lowest BCUT2D eigenvalue weighted by Gasteiger charge is -2.27. The van der Waals surface area contributed by atoms with Crippen LogP contribution >= 0.6 is 0 Å². The van der Waals surface area contributed by atoms with E-state index < -0.39 is 0 Å². The summed E-state index contributed by atoms with van der Waals surface area (Å²) in [6, 6.07) is 5.96. The molecule has 0 aromatic heterocycles. The fraction of sp³-hybridized carbons (Fsp3) is 0.588. The monoisotopic (exact) mass is 276 g/mol. The van der Waals surface area contributed by atoms with E-state index in [2.05, 4.69) is 13.0 Å². The Bertz CT molecular complexity index is 450. The standard InChI is InChI=1S/C17H24O3/c1-13-12-15(8-9-16(13)14-6-5-7-14)17(18)20-11-4-3-10-19-2/h8-9,12,14H,3-7,10-11H2,1-2H3. The molecule has 0 bridgehead atoms. The van der Waals surface area contributed by atoms with Crippen molar-refractivity contribution in [2.75, 3.05) is 20.3 Å². The summed E-state index contributed by atoms with van der Waals surface area (Å²) in [5.74, 6) is 0.486. The van der Waals surface area contributed by atoms with Crippen molar-refractivity contribution in [2.45, 2.75) is 44.9 Å². The topological polar surface area (TPSA) is 35.5 Å². The van der Waals surface area contributed by atoms with Crippen LogP contribution < -0.4 is 0 Å². The predicted molar refractivity (Wildman–Crippen MR) is 79.2 cm³/mol. The number of ether oxygens (including phenoxy) is 2. The first-order chi connectivity index (χ1) is 9.72. The van der Waals surface area contributed by atoms with Gasteiger partial charge in [-0.05, 0) is 61.8 Å². The van der Waals surface area contributed by atoms with Crippen molar-refractivity contribution >= 4 is 5.97 Å². The summed E-state index contributed by atoms with van der Waals surface area (Å²) in [5.41, 5.74) is 3.27. The van der Waals surface area contributed by atoms with E-state index in [-0.39, 0.29) is 5.97 Å². The number of hydrogen-bond acceptors (Lipinski definition) is 3. The number of aryl methyl sites for hydroxylation is 1. The Hall–Kier alpha value is -1.35. The second-order valence-corrected chi connectivity index (χ2v) is 5.54. The fourth-order valence-electron chi connectivity index (χ4n) is 2.58. The van der Waals surface area contributed by atoms with Gasteiger partial charge in [-0.2, -0.15) is 0 Å². The van der Waals surface area contributed by atoms with Crippen LogP contribution in [0.4, 0.5) is 0 Å². The van der Waals surface area contributed by atoms with Gasteiger partial charge in [0.05, 0.1) is 12.2 Å². The minimum atomic E-state index is -0.217. The highest BCUT2D eigenvalue weighted by atomic mass is 16.5. The Morgan fingerprint density at radius 2 is 2.00 bits per heavy atom. The lowest BCUT2D eigenvalue weighted by atomic mass is 9.78. The summed E-state index contributed by atoms with van der Waals surface area (Å²) in [7, 11) is 1.68. The lowest BCUT2D eigenvalue weighted by Crippen LogP contribution is -2.12. The minimum Gasteiger partial charge on any atom is -0.462 e. The Kier molecular flexibility index (Phi) is 5.60. The number of hydrogen-bond donors (Lipinski definition) is 0. The third kappa shape index (κ3) is 3.83. The van der Waals surface area contributed by atoms with Crippen molar-refractivity contribution in [1.29, 1.82) is 0 Å². The van der Waals surface area contributed by atoms with Crippen LogP contribution in [0.25, 0.3) is 0 Å². The molecule has 0 heterocycles. The molecule has 0 radical (unpaired) electrons. The van der Waals surface area contributed by atoms with Crippen LogP contribution in [0.5, 0.6) is 0 Å². The molecule has 20 heavy (non-hydrogen) atoms. The summed E-state index contributed by atoms with van der Waals surface area (Å²) in [6.45, 7) is 3.27. The Labute approximate surface area is 121 Å². The number of benzene rings is 1. The molecule has 3 heteroatoms. The normalized spacial score (nSPS) is 14.9. The van der Waals surface area contributed by atoms with E-state index in [4.69, 9.17) is 9.47 Å². The molecule has 0 N–H and O–H groups in total. The zero-order valence-electron chi connectivity index (χ0n) is 12.5. The van der Waals surface area contributed by atoms with Crippen molar-refractivity contribution in [2.24, 2.45) is 0 Å². The highest BCUT2D eigenvalue weighted by molar-refractivity contribution is 5.89. The molecule has 0 saturated heterocycles. The summed E-state index contributed by atoms with van der Waals surface area (Å²) in [4.78, 5) is 11.9. The molecule has 0 spiro atoms. The highest BCUT2D eigenvalue weighted by Crippen LogP contribution is 2.37. The van der Waals surface area contributed by atoms with Crippen molar-refractivity contribution < 1.29 is 14.3 Å². The molecule has 1 fully saturated rings. The summed E-state index contributed by atoms with van der Waals surface area (Å²) < 4.78 is 10.2. The number of esters is 1. The molecule has 0 atom stereocenters. The van der Waals surface area contributed by atoms with Crippen molar-refractivity contribution in [3.63, 3.8) is 0 Å². The van der Waals surface area contributed by atoms with Gasteiger partial charge in [-0.15, -0.1) is 0 Å². The van der Waals surface area contributed by atoms with Gasteiger partial charge >= 0.3 is 5.97 Å². The molecular formula is C17H24O3. The molecule has 0 aliphatic heterocycles. The van der Waals surface area contributed by atoms with Crippen LogP contribution in [-0.4, -0.2) is 26.3 Å². The molecule has 2 rings (SSSR count). The Balaban J connectivity index is 1.85. The quantitative estimate of drug-likeness (QED) is 0.560. The highest BCUT2D eigenvalue weighted by Gasteiger charge is 2.21. The van der Waals surface area contributed by atoms with Gasteiger partial charge < -0.3 is 9.47 Å². The zero-order chi connectivity index (χ0) is 14.4. The number of carbonyl (C=O) groups excluding carboxylic acids is 1. The molecule has 1 saturated carbocycles. The van der Waals surface area contributed by atoms with Crippen LogP contribution in [0.3, 0.4) is 0 Å². The molecule has 0 unspecified atom stereocenters. The van der Waals surface area contributed by atoms with Crippen molar-refractivity contribution in [1.82, 2.24) is 0 Å². The van der Waals surface area contributed by atoms with E-state index in [0.717, 1.165) is 12.8 Å². The maximum Gasteiger partial charge on any atom is 0.338 e. The van der Waals surface area contributed by atoms with Gasteiger partial charge in [-0.1, -0.05) is 12.5 Å². The SMILES string of the molecule is COCCCCOC(=O)c1ccc(C2CCC2)c(C)c1. The summed E-state index contributed by atoms with van der Waals surface area (Å²) in [6.07, 6.45) is 5.66. The number of rotatable bonds is 7. The third-order valence-corrected chi connectivity index (χ3v) is 4.03. The van der Waals surface area contributed by atoms with E-state index in [1.165, 1.54) is 30.4 Å². The van der Waals surface area contributed by atoms with Gasteiger partial charge in [0.2, 0.25) is 0 Å². The molecule has 1 aromatic rings. The van der Waals surface area contributed by atoms with Gasteiger partial charge in [0.25, 0.3) is 0 Å². The number of methoxy groups -OCH3 is 1. The van der Waals surface area contributed by atoms with E-state index in [1.54, 1.807) is 7.11 Å². The van der Waals surface area contributed by atoms with Crippen molar-refractivity contribution in [3.05, 3.63) is 34.9 Å². The van der Waals surface area contributed by atoms with Gasteiger partial charge in [-0.3, -0.25) is 0 Å². The summed E-state index contributed by atoms with van der Waals surface area (Å²) >= 11 is 0. The van der Waals surface area contributed by atoms with Crippen molar-refractivity contribution in [3.8, 4) is 0 Å². The first-order valence-corrected chi connectivity index (χ1v) is 7.49. The third-order valence-electron chi connectivity index (χ3n) is 4.03. The lowest BCUT2D eigenvalue weighted by molar-refractivity contribution is 0.0489. The average molecular weight is 276 g/mol. The molecule has 1 aromatic carbocycles. The maximum absolute atomic E-state index is 11.9. The molecule has 3 nitrogen and oxygen atoms in total. The molecule has 0 amide bonds. The predicted octanol–water partition coefficient (Wildman–Crippen LogP) is 3.85. The summed E-state index contributed by atoms with van der Waals surface area (Å²) in [5, 5.41) is 0. The van der Waals surface area contributed by atoms with E-state index in [1.807, 2.05) is 12.1 Å². The van der Waals surface area contributed by atoms with Gasteiger partial charge in [0.15, 0.2) is 0 Å². The van der Waals surface area contributed by atoms with Crippen LogP contribution in [0.2, 0.25) is 0 Å². The van der Waals surface area contributed by atoms with Gasteiger partial charge in [0.1, 0.15) is 0 Å². The first kappa shape index (κ1) is 15.0. The van der Waals surface area contributed by atoms with E-state index in [9.17, 15) is 4.79 Å². The van der Waals surface area contributed by atoms with Gasteiger partial charge in [-0.25, -0.2) is 4.79 Å². The largest absolute Gasteiger partial charge is 0.462 e. The minimum absolute atomic E-state index is 0.217. The van der Waals surface area contributed by atoms with Crippen LogP contribution in [0.1, 0.15) is 59.5 Å². The molecular weight excluding hydrogens is 252 g/mol. The second kappa shape index (κ2) is 7.44. The van der Waals surface area contributed by atoms with Crippen LogP contribution in [0.15, 0.2) is 18.2 Å². The first-order valence-electron chi connectivity index (χ1n) is 7.49. The zero-order valence-corrected chi connectivity index (χ0v) is 12.5. The van der Waals surface area contributed by atoms with E-state index >= 15 is 0 Å². The Morgan fingerprint density at radius 3 is 2.60 bits per heavy atom. The van der Waals surface area contributed by atoms with E-state index in [0.29, 0.717) is 24.7 Å². The van der Waals surface area contributed by atoms with Gasteiger partial charge in [0, 0.05) is 13.7 Å². The smallest absolute Gasteiger partial charge is 0.338 e. The van der Waals surface area contributed by atoms with Crippen LogP contribution in [-0.2, 0) is 9.47 Å². The molecule has 1 aliphatic carbocycles. The number of carbonyl (C=O) groups is 1. The maximum atomic E-state index is 11.9. The Morgan fingerprint density at radius 1 is 1.25 bits per heavy atom. The second-order valence-electron chi connectivity index (χ2n) is 5.54. The number of unbranched alkanes of at least 4 members (excludes halogenated alkanes) is 1. The molecule has 1 aliphatic rings.